The van der Waals surface area contributed by atoms with E-state index in [1.165, 1.54) is 0 Å². The van der Waals surface area contributed by atoms with Crippen molar-refractivity contribution in [2.75, 3.05) is 66.2 Å². The molecule has 0 aromatic heterocycles. The van der Waals surface area contributed by atoms with Crippen LogP contribution in [0.3, 0.4) is 0 Å². The number of hydrogen-bond acceptors (Lipinski definition) is 4. The van der Waals surface area contributed by atoms with Crippen molar-refractivity contribution >= 4 is 11.6 Å². The van der Waals surface area contributed by atoms with E-state index in [-0.39, 0.29) is 0 Å². The predicted molar refractivity (Wildman–Crippen MR) is 66.3 cm³/mol. The van der Waals surface area contributed by atoms with Gasteiger partial charge in [-0.05, 0) is 6.42 Å². The summed E-state index contributed by atoms with van der Waals surface area (Å²) in [6, 6.07) is 0. The third-order valence-electron chi connectivity index (χ3n) is 2.21. The van der Waals surface area contributed by atoms with Crippen molar-refractivity contribution in [3.05, 3.63) is 0 Å². The zero-order chi connectivity index (χ0) is 12.1. The van der Waals surface area contributed by atoms with Gasteiger partial charge in [0.05, 0.1) is 19.8 Å². The van der Waals surface area contributed by atoms with Crippen LogP contribution in [0.15, 0.2) is 0 Å². The Balaban J connectivity index is 3.36. The van der Waals surface area contributed by atoms with Crippen LogP contribution in [0.1, 0.15) is 6.42 Å². The van der Waals surface area contributed by atoms with E-state index in [0.29, 0.717) is 19.1 Å². The third-order valence-corrected chi connectivity index (χ3v) is 2.38. The zero-order valence-corrected chi connectivity index (χ0v) is 11.2. The highest BCUT2D eigenvalue weighted by Gasteiger charge is 2.03. The Morgan fingerprint density at radius 1 is 0.875 bits per heavy atom. The molecular formula is C11H24ClNO3. The molecule has 0 N–H and O–H groups in total. The molecule has 5 heteroatoms. The van der Waals surface area contributed by atoms with Crippen LogP contribution in [0.4, 0.5) is 0 Å². The van der Waals surface area contributed by atoms with Crippen LogP contribution in [-0.2, 0) is 14.2 Å². The number of nitrogens with zero attached hydrogens (tertiary/aromatic N) is 1. The number of rotatable bonds is 12. The molecule has 0 saturated heterocycles. The van der Waals surface area contributed by atoms with Crippen molar-refractivity contribution in [1.82, 2.24) is 4.90 Å². The molecule has 0 aromatic rings. The minimum atomic E-state index is 0.661. The lowest BCUT2D eigenvalue weighted by Crippen LogP contribution is -2.31. The summed E-state index contributed by atoms with van der Waals surface area (Å²) in [5.41, 5.74) is 0. The Labute approximate surface area is 104 Å². The van der Waals surface area contributed by atoms with Gasteiger partial charge >= 0.3 is 0 Å². The molecule has 0 fully saturated rings. The van der Waals surface area contributed by atoms with Crippen LogP contribution in [0.25, 0.3) is 0 Å². The Morgan fingerprint density at radius 3 is 2.25 bits per heavy atom. The van der Waals surface area contributed by atoms with Gasteiger partial charge in [-0.3, -0.25) is 4.90 Å². The normalized spacial score (nSPS) is 11.2. The summed E-state index contributed by atoms with van der Waals surface area (Å²) < 4.78 is 15.3. The summed E-state index contributed by atoms with van der Waals surface area (Å²) in [5.74, 6) is 0.661. The van der Waals surface area contributed by atoms with Gasteiger partial charge in [-0.15, -0.1) is 11.6 Å². The van der Waals surface area contributed by atoms with Gasteiger partial charge < -0.3 is 14.2 Å². The first-order valence-corrected chi connectivity index (χ1v) is 6.22. The summed E-state index contributed by atoms with van der Waals surface area (Å²) in [5, 5.41) is 0. The molecule has 0 heterocycles. The van der Waals surface area contributed by atoms with Crippen LogP contribution < -0.4 is 0 Å². The molecule has 98 valence electrons. The first-order chi connectivity index (χ1) is 7.85. The molecule has 0 bridgehead atoms. The maximum atomic E-state index is 5.73. The molecule has 0 spiro atoms. The number of methoxy groups -OCH3 is 2. The number of hydrogen-bond donors (Lipinski definition) is 0. The molecule has 16 heavy (non-hydrogen) atoms. The van der Waals surface area contributed by atoms with Gasteiger partial charge in [-0.2, -0.15) is 0 Å². The van der Waals surface area contributed by atoms with Gasteiger partial charge in [-0.1, -0.05) is 0 Å². The van der Waals surface area contributed by atoms with Crippen molar-refractivity contribution in [2.45, 2.75) is 6.42 Å². The van der Waals surface area contributed by atoms with E-state index in [0.717, 1.165) is 39.3 Å². The Bertz CT molecular complexity index is 138. The van der Waals surface area contributed by atoms with Gasteiger partial charge in [-0.25, -0.2) is 0 Å². The minimum absolute atomic E-state index is 0.661. The van der Waals surface area contributed by atoms with Crippen molar-refractivity contribution in [1.29, 1.82) is 0 Å². The van der Waals surface area contributed by atoms with Gasteiger partial charge in [0.1, 0.15) is 0 Å². The molecule has 0 aromatic carbocycles. The molecular weight excluding hydrogens is 230 g/mol. The SMILES string of the molecule is COCCOCCCN(CCCl)CCOC. The van der Waals surface area contributed by atoms with Crippen molar-refractivity contribution in [3.63, 3.8) is 0 Å². The fourth-order valence-corrected chi connectivity index (χ4v) is 1.55. The molecule has 0 unspecified atom stereocenters. The fourth-order valence-electron chi connectivity index (χ4n) is 1.31. The van der Waals surface area contributed by atoms with Crippen LogP contribution in [0, 0.1) is 0 Å². The standard InChI is InChI=1S/C11H24ClNO3/c1-14-9-7-13(6-4-12)5-3-8-16-11-10-15-2/h3-11H2,1-2H3. The summed E-state index contributed by atoms with van der Waals surface area (Å²) in [4.78, 5) is 2.29. The second-order valence-electron chi connectivity index (χ2n) is 3.48. The van der Waals surface area contributed by atoms with Crippen LogP contribution >= 0.6 is 11.6 Å². The van der Waals surface area contributed by atoms with Crippen LogP contribution in [0.5, 0.6) is 0 Å². The highest BCUT2D eigenvalue weighted by Crippen LogP contribution is 1.94. The van der Waals surface area contributed by atoms with E-state index in [2.05, 4.69) is 4.90 Å². The Kier molecular flexibility index (Phi) is 13.3. The van der Waals surface area contributed by atoms with Crippen LogP contribution in [0.2, 0.25) is 0 Å². The molecule has 0 radical (unpaired) electrons. The summed E-state index contributed by atoms with van der Waals surface area (Å²) >= 11 is 5.73. The van der Waals surface area contributed by atoms with Crippen molar-refractivity contribution in [2.24, 2.45) is 0 Å². The maximum absolute atomic E-state index is 5.73. The van der Waals surface area contributed by atoms with Gasteiger partial charge in [0.2, 0.25) is 0 Å². The largest absolute Gasteiger partial charge is 0.383 e. The lowest BCUT2D eigenvalue weighted by atomic mass is 10.4. The van der Waals surface area contributed by atoms with E-state index in [4.69, 9.17) is 25.8 Å². The van der Waals surface area contributed by atoms with Gasteiger partial charge in [0.15, 0.2) is 0 Å². The second-order valence-corrected chi connectivity index (χ2v) is 3.86. The fraction of sp³-hybridized carbons (Fsp3) is 1.00. The van der Waals surface area contributed by atoms with Gasteiger partial charge in [0.25, 0.3) is 0 Å². The van der Waals surface area contributed by atoms with E-state index < -0.39 is 0 Å². The van der Waals surface area contributed by atoms with Crippen molar-refractivity contribution < 1.29 is 14.2 Å². The number of alkyl halides is 1. The van der Waals surface area contributed by atoms with Crippen molar-refractivity contribution in [3.8, 4) is 0 Å². The van der Waals surface area contributed by atoms with E-state index >= 15 is 0 Å². The first-order valence-electron chi connectivity index (χ1n) is 5.69. The van der Waals surface area contributed by atoms with Gasteiger partial charge in [0, 0.05) is 46.3 Å². The van der Waals surface area contributed by atoms with Crippen LogP contribution in [-0.4, -0.2) is 71.1 Å². The van der Waals surface area contributed by atoms with E-state index in [1.807, 2.05) is 0 Å². The Morgan fingerprint density at radius 2 is 1.62 bits per heavy atom. The monoisotopic (exact) mass is 253 g/mol. The van der Waals surface area contributed by atoms with E-state index in [1.54, 1.807) is 14.2 Å². The maximum Gasteiger partial charge on any atom is 0.0700 e. The highest BCUT2D eigenvalue weighted by molar-refractivity contribution is 6.18. The quantitative estimate of drug-likeness (QED) is 0.387. The molecule has 0 saturated carbocycles. The average Bonchev–Trinajstić information content (AvgIpc) is 2.30. The molecule has 0 rings (SSSR count). The molecule has 0 aliphatic heterocycles. The lowest BCUT2D eigenvalue weighted by Gasteiger charge is -2.20. The first kappa shape index (κ1) is 16.1. The Hall–Kier alpha value is 0.130. The smallest absolute Gasteiger partial charge is 0.0700 e. The molecule has 0 atom stereocenters. The average molecular weight is 254 g/mol. The third kappa shape index (κ3) is 10.6. The lowest BCUT2D eigenvalue weighted by molar-refractivity contribution is 0.0638. The number of ether oxygens (including phenoxy) is 3. The molecule has 4 nitrogen and oxygen atoms in total. The molecule has 0 aliphatic carbocycles. The van der Waals surface area contributed by atoms with E-state index in [9.17, 15) is 0 Å². The second kappa shape index (κ2) is 13.2. The highest BCUT2D eigenvalue weighted by atomic mass is 35.5. The molecule has 0 aliphatic rings. The minimum Gasteiger partial charge on any atom is -0.383 e. The number of halogens is 1. The summed E-state index contributed by atoms with van der Waals surface area (Å²) in [7, 11) is 3.39. The summed E-state index contributed by atoms with van der Waals surface area (Å²) in [6.07, 6.45) is 1.02. The summed E-state index contributed by atoms with van der Waals surface area (Å²) in [6.45, 7) is 5.70. The zero-order valence-electron chi connectivity index (χ0n) is 10.4. The predicted octanol–water partition coefficient (Wildman–Crippen LogP) is 1.23. The topological polar surface area (TPSA) is 30.9 Å². The molecule has 0 amide bonds.